The normalized spacial score (nSPS) is 38.4. The first-order chi connectivity index (χ1) is 14.0. The second-order valence-corrected chi connectivity index (χ2v) is 9.67. The van der Waals surface area contributed by atoms with Crippen LogP contribution in [0.3, 0.4) is 0 Å². The topological polar surface area (TPSA) is 37.3 Å². The molecule has 0 radical (unpaired) electrons. The van der Waals surface area contributed by atoms with E-state index < -0.39 is 6.10 Å². The van der Waals surface area contributed by atoms with Crippen LogP contribution in [0.25, 0.3) is 0 Å². The van der Waals surface area contributed by atoms with Gasteiger partial charge in [0.25, 0.3) is 0 Å². The van der Waals surface area contributed by atoms with Crippen LogP contribution in [0.5, 0.6) is 0 Å². The summed E-state index contributed by atoms with van der Waals surface area (Å²) in [5.41, 5.74) is 5.42. The first kappa shape index (κ1) is 18.9. The van der Waals surface area contributed by atoms with Crippen molar-refractivity contribution in [3.05, 3.63) is 58.7 Å². The highest BCUT2D eigenvalue weighted by Gasteiger charge is 2.58. The molecule has 150 valence electrons. The van der Waals surface area contributed by atoms with E-state index in [0.29, 0.717) is 30.6 Å². The summed E-state index contributed by atoms with van der Waals surface area (Å²) in [5, 5.41) is 11.3. The van der Waals surface area contributed by atoms with Crippen LogP contribution in [0.4, 0.5) is 0 Å². The molecule has 6 atom stereocenters. The summed E-state index contributed by atoms with van der Waals surface area (Å²) in [5.74, 6) is 8.32. The lowest BCUT2D eigenvalue weighted by molar-refractivity contribution is -0.114. The van der Waals surface area contributed by atoms with Gasteiger partial charge >= 0.3 is 0 Å². The third-order valence-electron chi connectivity index (χ3n) is 8.28. The molecule has 2 saturated carbocycles. The number of fused-ring (bicyclic) bond motifs is 4. The van der Waals surface area contributed by atoms with Crippen LogP contribution in [-0.4, -0.2) is 17.0 Å². The van der Waals surface area contributed by atoms with E-state index >= 15 is 0 Å². The molecule has 0 aliphatic heterocycles. The first-order valence-electron chi connectivity index (χ1n) is 11.1. The zero-order valence-corrected chi connectivity index (χ0v) is 17.4. The van der Waals surface area contributed by atoms with E-state index in [1.807, 2.05) is 13.0 Å². The second-order valence-electron chi connectivity index (χ2n) is 9.67. The average molecular weight is 387 g/mol. The Labute approximate surface area is 174 Å². The minimum atomic E-state index is -0.393. The van der Waals surface area contributed by atoms with Crippen molar-refractivity contribution in [2.24, 2.45) is 23.2 Å². The Morgan fingerprint density at radius 1 is 1.14 bits per heavy atom. The number of benzene rings is 1. The van der Waals surface area contributed by atoms with Gasteiger partial charge in [-0.05, 0) is 73.1 Å². The van der Waals surface area contributed by atoms with Crippen LogP contribution in [0.15, 0.2) is 53.1 Å². The van der Waals surface area contributed by atoms with Crippen molar-refractivity contribution in [3.63, 3.8) is 0 Å². The maximum absolute atomic E-state index is 12.1. The molecule has 3 unspecified atom stereocenters. The molecule has 0 spiro atoms. The largest absolute Gasteiger partial charge is 0.392 e. The molecule has 1 aromatic carbocycles. The molecule has 4 aliphatic rings. The first-order valence-corrected chi connectivity index (χ1v) is 11.1. The standard InChI is InChI=1S/C27H30O2/c1-3-7-19-10-13-23-26-24(29)15-18-14-20(28)11-12-21(18)25(26)22(16-27(19,23)2)17-8-5-4-6-9-17/h4-6,8-9,14,19,22-24,26,29H,10-13,15-16H2,1-2H3/t19?,22?,23-,24?,26+,27+/m0/s1. The van der Waals surface area contributed by atoms with E-state index in [1.165, 1.54) is 16.7 Å². The predicted molar refractivity (Wildman–Crippen MR) is 115 cm³/mol. The van der Waals surface area contributed by atoms with Crippen molar-refractivity contribution < 1.29 is 9.90 Å². The molecular weight excluding hydrogens is 356 g/mol. The maximum Gasteiger partial charge on any atom is 0.156 e. The van der Waals surface area contributed by atoms with E-state index in [0.717, 1.165) is 31.3 Å². The van der Waals surface area contributed by atoms with Crippen LogP contribution < -0.4 is 0 Å². The van der Waals surface area contributed by atoms with E-state index in [9.17, 15) is 9.90 Å². The smallest absolute Gasteiger partial charge is 0.156 e. The molecule has 0 saturated heterocycles. The molecule has 2 heteroatoms. The van der Waals surface area contributed by atoms with Gasteiger partial charge in [-0.25, -0.2) is 0 Å². The van der Waals surface area contributed by atoms with Crippen molar-refractivity contribution in [2.75, 3.05) is 0 Å². The van der Waals surface area contributed by atoms with Gasteiger partial charge < -0.3 is 5.11 Å². The van der Waals surface area contributed by atoms with E-state index in [4.69, 9.17) is 0 Å². The molecule has 2 nitrogen and oxygen atoms in total. The lowest BCUT2D eigenvalue weighted by atomic mass is 9.51. The fourth-order valence-electron chi connectivity index (χ4n) is 7.05. The molecule has 1 aromatic rings. The van der Waals surface area contributed by atoms with Crippen LogP contribution >= 0.6 is 0 Å². The lowest BCUT2D eigenvalue weighted by Gasteiger charge is -2.53. The van der Waals surface area contributed by atoms with Crippen LogP contribution in [0.2, 0.25) is 0 Å². The Hall–Kier alpha value is -2.11. The third-order valence-corrected chi connectivity index (χ3v) is 8.28. The summed E-state index contributed by atoms with van der Waals surface area (Å²) in [6.45, 7) is 4.38. The molecule has 0 amide bonds. The van der Waals surface area contributed by atoms with E-state index in [-0.39, 0.29) is 17.1 Å². The lowest BCUT2D eigenvalue weighted by Crippen LogP contribution is -2.48. The summed E-state index contributed by atoms with van der Waals surface area (Å²) in [6, 6.07) is 10.8. The zero-order valence-electron chi connectivity index (χ0n) is 17.4. The fourth-order valence-corrected chi connectivity index (χ4v) is 7.05. The number of ketones is 1. The van der Waals surface area contributed by atoms with Gasteiger partial charge in [0.1, 0.15) is 0 Å². The van der Waals surface area contributed by atoms with Gasteiger partial charge in [-0.1, -0.05) is 48.7 Å². The Kier molecular flexibility index (Phi) is 4.56. The van der Waals surface area contributed by atoms with Gasteiger partial charge in [0.15, 0.2) is 5.78 Å². The van der Waals surface area contributed by atoms with E-state index in [1.54, 1.807) is 0 Å². The SMILES string of the molecule is CC#CC1CC[C@H]2[C@H]3C(=C4CCC(=O)C=C4CC3O)C(c3ccccc3)C[C@]12C. The highest BCUT2D eigenvalue weighted by molar-refractivity contribution is 5.93. The summed E-state index contributed by atoms with van der Waals surface area (Å²) in [6.07, 6.45) is 6.88. The molecule has 0 heterocycles. The Morgan fingerprint density at radius 2 is 1.93 bits per heavy atom. The molecular formula is C27H30O2. The number of hydrogen-bond acceptors (Lipinski definition) is 2. The number of carbonyl (C=O) groups is 1. The Bertz CT molecular complexity index is 957. The summed E-state index contributed by atoms with van der Waals surface area (Å²) in [4.78, 5) is 12.1. The van der Waals surface area contributed by atoms with Gasteiger partial charge in [-0.3, -0.25) is 4.79 Å². The molecule has 1 N–H and O–H groups in total. The summed E-state index contributed by atoms with van der Waals surface area (Å²) in [7, 11) is 0. The number of aliphatic hydroxyl groups is 1. The molecule has 5 rings (SSSR count). The molecule has 2 fully saturated rings. The quantitative estimate of drug-likeness (QED) is 0.674. The third kappa shape index (κ3) is 2.86. The number of hydrogen-bond donors (Lipinski definition) is 1. The van der Waals surface area contributed by atoms with Crippen molar-refractivity contribution in [2.45, 2.75) is 64.4 Å². The maximum atomic E-state index is 12.1. The number of aliphatic hydroxyl groups excluding tert-OH is 1. The van der Waals surface area contributed by atoms with Crippen LogP contribution in [0.1, 0.15) is 63.9 Å². The van der Waals surface area contributed by atoms with Crippen molar-refractivity contribution in [1.82, 2.24) is 0 Å². The Balaban J connectivity index is 1.71. The van der Waals surface area contributed by atoms with E-state index in [2.05, 4.69) is 49.1 Å². The zero-order chi connectivity index (χ0) is 20.2. The highest BCUT2D eigenvalue weighted by atomic mass is 16.3. The molecule has 0 bridgehead atoms. The molecule has 0 aromatic heterocycles. The van der Waals surface area contributed by atoms with Crippen LogP contribution in [-0.2, 0) is 4.79 Å². The molecule has 4 aliphatic carbocycles. The number of allylic oxidation sites excluding steroid dienone is 2. The monoisotopic (exact) mass is 386 g/mol. The van der Waals surface area contributed by atoms with Gasteiger partial charge in [0, 0.05) is 24.2 Å². The van der Waals surface area contributed by atoms with Crippen molar-refractivity contribution in [1.29, 1.82) is 0 Å². The highest BCUT2D eigenvalue weighted by Crippen LogP contribution is 2.65. The molecule has 29 heavy (non-hydrogen) atoms. The van der Waals surface area contributed by atoms with Crippen molar-refractivity contribution in [3.8, 4) is 11.8 Å². The predicted octanol–water partition coefficient (Wildman–Crippen LogP) is 5.20. The van der Waals surface area contributed by atoms with Crippen molar-refractivity contribution >= 4 is 5.78 Å². The van der Waals surface area contributed by atoms with Gasteiger partial charge in [-0.15, -0.1) is 5.92 Å². The fraction of sp³-hybridized carbons (Fsp3) is 0.519. The van der Waals surface area contributed by atoms with Crippen LogP contribution in [0, 0.1) is 35.0 Å². The number of rotatable bonds is 1. The number of carbonyl (C=O) groups excluding carboxylic acids is 1. The Morgan fingerprint density at radius 3 is 2.69 bits per heavy atom. The summed E-state index contributed by atoms with van der Waals surface area (Å²) < 4.78 is 0. The minimum Gasteiger partial charge on any atom is -0.392 e. The van der Waals surface area contributed by atoms with Gasteiger partial charge in [0.05, 0.1) is 6.10 Å². The minimum absolute atomic E-state index is 0.130. The summed E-state index contributed by atoms with van der Waals surface area (Å²) >= 11 is 0. The average Bonchev–Trinajstić information content (AvgIpc) is 3.04. The second kappa shape index (κ2) is 6.99. The van der Waals surface area contributed by atoms with Gasteiger partial charge in [0.2, 0.25) is 0 Å². The van der Waals surface area contributed by atoms with Gasteiger partial charge in [-0.2, -0.15) is 0 Å².